The molecule has 2 aromatic heterocycles. The number of fused-ring (bicyclic) bond motifs is 1. The second-order valence-electron chi connectivity index (χ2n) is 5.91. The third kappa shape index (κ3) is 2.42. The zero-order chi connectivity index (χ0) is 17.6. The third-order valence-electron chi connectivity index (χ3n) is 4.16. The van der Waals surface area contributed by atoms with Gasteiger partial charge in [-0.1, -0.05) is 29.8 Å². The highest BCUT2D eigenvalue weighted by atomic mass is 19.1. The fourth-order valence-electron chi connectivity index (χ4n) is 2.84. The number of para-hydroxylation sites is 1. The molecule has 0 saturated heterocycles. The molecule has 0 bridgehead atoms. The van der Waals surface area contributed by atoms with Gasteiger partial charge >= 0.3 is 0 Å². The Morgan fingerprint density at radius 1 is 0.960 bits per heavy atom. The molecular weight excluding hydrogens is 319 g/mol. The zero-order valence-electron chi connectivity index (χ0n) is 13.8. The Bertz CT molecular complexity index is 1140. The van der Waals surface area contributed by atoms with E-state index in [0.29, 0.717) is 22.3 Å². The van der Waals surface area contributed by atoms with Crippen molar-refractivity contribution in [3.05, 3.63) is 82.2 Å². The van der Waals surface area contributed by atoms with Crippen LogP contribution >= 0.6 is 0 Å². The molecule has 0 amide bonds. The summed E-state index contributed by atoms with van der Waals surface area (Å²) in [5.41, 5.74) is 2.59. The van der Waals surface area contributed by atoms with E-state index in [1.165, 1.54) is 15.4 Å². The summed E-state index contributed by atoms with van der Waals surface area (Å²) in [4.78, 5) is 13.0. The van der Waals surface area contributed by atoms with Crippen molar-refractivity contribution in [2.45, 2.75) is 13.8 Å². The minimum atomic E-state index is -0.441. The number of hydrogen-bond acceptors (Lipinski definition) is 3. The first-order chi connectivity index (χ1) is 12.1. The van der Waals surface area contributed by atoms with Gasteiger partial charge in [0.05, 0.1) is 17.6 Å². The molecular formula is C19H15FN4O. The average Bonchev–Trinajstić information content (AvgIpc) is 3.05. The number of halogens is 1. The molecule has 0 aliphatic carbocycles. The zero-order valence-corrected chi connectivity index (χ0v) is 13.8. The van der Waals surface area contributed by atoms with Crippen molar-refractivity contribution in [3.63, 3.8) is 0 Å². The molecule has 124 valence electrons. The number of hydrogen-bond donors (Lipinski definition) is 0. The minimum Gasteiger partial charge on any atom is -0.265 e. The van der Waals surface area contributed by atoms with Crippen molar-refractivity contribution in [2.75, 3.05) is 0 Å². The molecule has 6 heteroatoms. The van der Waals surface area contributed by atoms with Crippen LogP contribution in [0.4, 0.5) is 4.39 Å². The minimum absolute atomic E-state index is 0.232. The number of aryl methyl sites for hydroxylation is 2. The van der Waals surface area contributed by atoms with Crippen molar-refractivity contribution in [1.29, 1.82) is 0 Å². The van der Waals surface area contributed by atoms with Crippen LogP contribution in [0.1, 0.15) is 11.3 Å². The van der Waals surface area contributed by atoms with E-state index in [1.54, 1.807) is 31.3 Å². The van der Waals surface area contributed by atoms with Gasteiger partial charge in [-0.2, -0.15) is 14.9 Å². The molecule has 4 aromatic rings. The van der Waals surface area contributed by atoms with Crippen LogP contribution in [0.5, 0.6) is 0 Å². The van der Waals surface area contributed by atoms with Crippen molar-refractivity contribution >= 4 is 10.9 Å². The van der Waals surface area contributed by atoms with Crippen LogP contribution in [0.3, 0.4) is 0 Å². The van der Waals surface area contributed by atoms with Crippen molar-refractivity contribution in [3.8, 4) is 11.4 Å². The quantitative estimate of drug-likeness (QED) is 0.565. The molecule has 0 aliphatic rings. The molecule has 0 N–H and O–H groups in total. The molecule has 0 spiro atoms. The fraction of sp³-hybridized carbons (Fsp3) is 0.105. The van der Waals surface area contributed by atoms with Crippen LogP contribution in [0.2, 0.25) is 0 Å². The smallest absolute Gasteiger partial charge is 0.265 e. The summed E-state index contributed by atoms with van der Waals surface area (Å²) in [6, 6.07) is 13.7. The Balaban J connectivity index is 2.05. The summed E-state index contributed by atoms with van der Waals surface area (Å²) in [7, 11) is 0. The third-order valence-corrected chi connectivity index (χ3v) is 4.16. The van der Waals surface area contributed by atoms with Gasteiger partial charge in [-0.05, 0) is 38.1 Å². The van der Waals surface area contributed by atoms with Crippen molar-refractivity contribution in [2.24, 2.45) is 0 Å². The van der Waals surface area contributed by atoms with E-state index in [-0.39, 0.29) is 11.2 Å². The van der Waals surface area contributed by atoms with E-state index < -0.39 is 5.82 Å². The number of benzene rings is 2. The standard InChI is InChI=1S/C19H15FN4O/c1-12-7-9-14(10-8-12)23-19(25)18-15(13(2)22-23)11-21-24(18)17-6-4-3-5-16(17)20/h3-11H,1-2H3. The van der Waals surface area contributed by atoms with E-state index >= 15 is 0 Å². The lowest BCUT2D eigenvalue weighted by Crippen LogP contribution is -2.24. The molecule has 0 unspecified atom stereocenters. The van der Waals surface area contributed by atoms with Crippen LogP contribution in [0.25, 0.3) is 22.3 Å². The molecule has 0 fully saturated rings. The van der Waals surface area contributed by atoms with E-state index in [2.05, 4.69) is 10.2 Å². The van der Waals surface area contributed by atoms with Crippen LogP contribution in [0.15, 0.2) is 59.5 Å². The topological polar surface area (TPSA) is 52.7 Å². The Labute approximate surface area is 143 Å². The largest absolute Gasteiger partial charge is 0.298 e. The molecule has 0 radical (unpaired) electrons. The summed E-state index contributed by atoms with van der Waals surface area (Å²) in [5, 5.41) is 9.22. The first kappa shape index (κ1) is 15.3. The van der Waals surface area contributed by atoms with Gasteiger partial charge in [-0.25, -0.2) is 9.07 Å². The number of aromatic nitrogens is 4. The van der Waals surface area contributed by atoms with Gasteiger partial charge in [0.25, 0.3) is 5.56 Å². The predicted octanol–water partition coefficient (Wildman–Crippen LogP) is 3.33. The van der Waals surface area contributed by atoms with Crippen molar-refractivity contribution < 1.29 is 4.39 Å². The second kappa shape index (κ2) is 5.66. The molecule has 2 aromatic carbocycles. The van der Waals surface area contributed by atoms with Gasteiger partial charge in [0, 0.05) is 5.39 Å². The maximum atomic E-state index is 14.2. The first-order valence-corrected chi connectivity index (χ1v) is 7.86. The van der Waals surface area contributed by atoms with Gasteiger partial charge in [0.1, 0.15) is 17.0 Å². The van der Waals surface area contributed by atoms with E-state index in [9.17, 15) is 9.18 Å². The Kier molecular flexibility index (Phi) is 3.46. The van der Waals surface area contributed by atoms with E-state index in [4.69, 9.17) is 0 Å². The van der Waals surface area contributed by atoms with E-state index in [0.717, 1.165) is 5.56 Å². The second-order valence-corrected chi connectivity index (χ2v) is 5.91. The number of nitrogens with zero attached hydrogens (tertiary/aromatic N) is 4. The first-order valence-electron chi connectivity index (χ1n) is 7.86. The molecule has 2 heterocycles. The summed E-state index contributed by atoms with van der Waals surface area (Å²) in [6.07, 6.45) is 1.55. The maximum absolute atomic E-state index is 14.2. The SMILES string of the molecule is Cc1ccc(-n2nc(C)c3cnn(-c4ccccc4F)c3c2=O)cc1. The molecule has 5 nitrogen and oxygen atoms in total. The predicted molar refractivity (Wildman–Crippen MR) is 93.9 cm³/mol. The van der Waals surface area contributed by atoms with Gasteiger partial charge in [0.2, 0.25) is 0 Å². The fourth-order valence-corrected chi connectivity index (χ4v) is 2.84. The Morgan fingerprint density at radius 2 is 1.68 bits per heavy atom. The summed E-state index contributed by atoms with van der Waals surface area (Å²) < 4.78 is 16.9. The van der Waals surface area contributed by atoms with Gasteiger partial charge in [-0.15, -0.1) is 0 Å². The summed E-state index contributed by atoms with van der Waals surface area (Å²) in [5.74, 6) is -0.441. The monoisotopic (exact) mass is 334 g/mol. The molecule has 4 rings (SSSR count). The number of rotatable bonds is 2. The maximum Gasteiger partial charge on any atom is 0.298 e. The summed E-state index contributed by atoms with van der Waals surface area (Å²) >= 11 is 0. The van der Waals surface area contributed by atoms with Crippen molar-refractivity contribution in [1.82, 2.24) is 19.6 Å². The lowest BCUT2D eigenvalue weighted by atomic mass is 10.2. The van der Waals surface area contributed by atoms with Gasteiger partial charge < -0.3 is 0 Å². The highest BCUT2D eigenvalue weighted by Crippen LogP contribution is 2.20. The summed E-state index contributed by atoms with van der Waals surface area (Å²) in [6.45, 7) is 3.78. The van der Waals surface area contributed by atoms with E-state index in [1.807, 2.05) is 31.2 Å². The molecule has 0 atom stereocenters. The highest BCUT2D eigenvalue weighted by Gasteiger charge is 2.17. The van der Waals surface area contributed by atoms with Crippen LogP contribution < -0.4 is 5.56 Å². The van der Waals surface area contributed by atoms with Crippen LogP contribution in [0, 0.1) is 19.7 Å². The van der Waals surface area contributed by atoms with Crippen LogP contribution in [-0.4, -0.2) is 19.6 Å². The van der Waals surface area contributed by atoms with Gasteiger partial charge in [0.15, 0.2) is 0 Å². The lowest BCUT2D eigenvalue weighted by Gasteiger charge is -2.09. The lowest BCUT2D eigenvalue weighted by molar-refractivity contribution is 0.612. The van der Waals surface area contributed by atoms with Gasteiger partial charge in [-0.3, -0.25) is 4.79 Å². The Hall–Kier alpha value is -3.28. The average molecular weight is 334 g/mol. The molecule has 0 aliphatic heterocycles. The Morgan fingerprint density at radius 3 is 2.40 bits per heavy atom. The van der Waals surface area contributed by atoms with Crippen LogP contribution in [-0.2, 0) is 0 Å². The highest BCUT2D eigenvalue weighted by molar-refractivity contribution is 5.81. The molecule has 25 heavy (non-hydrogen) atoms. The normalized spacial score (nSPS) is 11.2. The molecule has 0 saturated carbocycles.